The number of carbonyl (C=O) groups excluding carboxylic acids is 8. The number of nitrogens with zero attached hydrogens (tertiary/aromatic N) is 13. The summed E-state index contributed by atoms with van der Waals surface area (Å²) in [6.45, 7) is 18.0. The predicted molar refractivity (Wildman–Crippen MR) is 502 cm³/mol. The van der Waals surface area contributed by atoms with Crippen molar-refractivity contribution >= 4 is 86.9 Å². The molecular formula is C98H132N18O19. The van der Waals surface area contributed by atoms with Gasteiger partial charge in [-0.15, -0.1) is 0 Å². The summed E-state index contributed by atoms with van der Waals surface area (Å²) < 4.78 is 60.9. The molecule has 37 heteroatoms. The molecule has 4 fully saturated rings. The van der Waals surface area contributed by atoms with Gasteiger partial charge in [-0.2, -0.15) is 5.10 Å². The molecule has 8 N–H and O–H groups in total. The van der Waals surface area contributed by atoms with Crippen molar-refractivity contribution < 1.29 is 90.8 Å². The fourth-order valence-electron chi connectivity index (χ4n) is 18.6. The average molecular weight is 1870 g/mol. The van der Waals surface area contributed by atoms with E-state index in [-0.39, 0.29) is 106 Å². The summed E-state index contributed by atoms with van der Waals surface area (Å²) in [4.78, 5) is 154. The van der Waals surface area contributed by atoms with Gasteiger partial charge >= 0.3 is 12.1 Å². The topological polar surface area (TPSA) is 462 Å². The number of piperidine rings is 1. The summed E-state index contributed by atoms with van der Waals surface area (Å²) in [5.74, 6) is -3.76. The van der Waals surface area contributed by atoms with E-state index in [1.165, 1.54) is 43.4 Å². The first-order chi connectivity index (χ1) is 65.3. The number of ether oxygens (including phenoxy) is 10. The molecule has 3 saturated heterocycles. The number of amides is 4. The number of aromatic nitrogens is 10. The van der Waals surface area contributed by atoms with Crippen LogP contribution in [0.2, 0.25) is 0 Å². The number of aliphatic hydroxyl groups excluding tert-OH is 1. The number of aromatic amines is 1. The van der Waals surface area contributed by atoms with E-state index in [2.05, 4.69) is 68.7 Å². The SMILES string of the molecule is CO[C@H]1CC2CC[C@@H](C)C(O2)C(=O)C(=O)N2CCCC[C@H]2C(=O)O[C@H]([C@H](N)C[C@@H]2CC[C@@H](OC(=O)NCc3cnc(N4CCN(c5ncc(C(=O)NCCOCCOCCOCCOCCC(=O)N6CCc7cc(Cn8nc(-c9cnc%10[nH]ccc%10c9)c9c(N)ncnc98)ccc7C6)cn5)CC4)nc3)[C@H](OC)C2)CC(=O)[C@H](C)/C=C(\C)[C@@H](O)[C@@H](OC)C(=O)[C@H](C)C[C@H](C)/C=C/C=CC=C1C. The van der Waals surface area contributed by atoms with Gasteiger partial charge in [-0.25, -0.2) is 49.2 Å². The minimum Gasteiger partial charge on any atom is -0.459 e. The number of hydrogen-bond acceptors (Lipinski definition) is 31. The molecular weight excluding hydrogens is 1730 g/mol. The number of allylic oxidation sites excluding steroid dienone is 6. The van der Waals surface area contributed by atoms with Crippen molar-refractivity contribution in [1.82, 2.24) is 70.1 Å². The van der Waals surface area contributed by atoms with Gasteiger partial charge in [0.25, 0.3) is 11.8 Å². The number of fused-ring (bicyclic) bond motifs is 6. The molecule has 1 saturated carbocycles. The van der Waals surface area contributed by atoms with Crippen LogP contribution in [0.4, 0.5) is 22.5 Å². The van der Waals surface area contributed by atoms with Crippen LogP contribution in [0.25, 0.3) is 33.3 Å². The number of hydrogen-bond donors (Lipinski definition) is 6. The van der Waals surface area contributed by atoms with Crippen molar-refractivity contribution in [2.24, 2.45) is 35.3 Å². The second-order valence-corrected chi connectivity index (χ2v) is 36.2. The van der Waals surface area contributed by atoms with Crippen molar-refractivity contribution in [2.45, 2.75) is 212 Å². The summed E-state index contributed by atoms with van der Waals surface area (Å²) in [6.07, 6.45) is 21.0. The number of esters is 1. The molecule has 1 aromatic carbocycles. The van der Waals surface area contributed by atoms with E-state index < -0.39 is 90.4 Å². The number of benzene rings is 1. The third-order valence-electron chi connectivity index (χ3n) is 26.5. The minimum atomic E-state index is -1.38. The molecule has 7 aromatic rings. The normalized spacial score (nSPS) is 25.5. The van der Waals surface area contributed by atoms with Gasteiger partial charge in [0, 0.05) is 165 Å². The standard InChI is InChI=1S/C98H132N18O19/c1-60-15-11-10-12-16-61(2)79(126-7)49-74-22-18-62(3)88(133-74)87(121)94(123)115-29-14-13-17-76(115)95(124)134-80(50-77(117)63(4)44-65(6)86(120)89(128-9)85(119)64(5)43-60)75(99)46-66-20-23-78(81(47-66)127-8)135-98(125)108-53-68-51-104-96(105-52-68)112-31-33-113(34-32-112)97-106-55-73(56-107-97)93(122)102-28-36-130-38-40-132-42-41-131-39-37-129-35-26-82(118)114-30-25-69-45-67(19-21-71(69)58-114)57-116-92-83(90(100)109-59-110-92)84(111-116)72-48-70-24-27-101-91(70)103-54-72/h10-12,15-16,19,21,24,27,44-45,48,51-52,54-56,59-60,62-64,66,74-76,78-81,86,88-89,120H,13-14,17-18,20,22-23,25-26,28-43,46-47,49-50,53,57-58,99H2,1-9H3,(H,101,103)(H,102,122)(H,108,125)(H2,100,109,110)/b12-10?,15-11+,61-16?,65-44+/t60-,62-,63-,64-,66+,74?,75-,76+,78-,79+,80+,81-,86-,88?,89+/m1/s1. The highest BCUT2D eigenvalue weighted by molar-refractivity contribution is 6.38. The van der Waals surface area contributed by atoms with Crippen molar-refractivity contribution in [1.29, 1.82) is 0 Å². The second-order valence-electron chi connectivity index (χ2n) is 36.2. The number of ketones is 3. The van der Waals surface area contributed by atoms with Crippen LogP contribution in [-0.2, 0) is 102 Å². The number of pyridine rings is 1. The molecule has 0 spiro atoms. The second kappa shape index (κ2) is 49.5. The van der Waals surface area contributed by atoms with Crippen LogP contribution < -0.4 is 31.9 Å². The quantitative estimate of drug-likeness (QED) is 0.0106. The third-order valence-corrected chi connectivity index (χ3v) is 26.5. The van der Waals surface area contributed by atoms with Gasteiger partial charge < -0.3 is 99.2 Å². The molecule has 13 rings (SSSR count). The van der Waals surface area contributed by atoms with E-state index in [1.54, 1.807) is 52.5 Å². The molecule has 2 bridgehead atoms. The average Bonchev–Trinajstić information content (AvgIpc) is 1.61. The van der Waals surface area contributed by atoms with Gasteiger partial charge in [-0.3, -0.25) is 28.8 Å². The summed E-state index contributed by atoms with van der Waals surface area (Å²) in [7, 11) is 4.52. The Morgan fingerprint density at radius 1 is 0.696 bits per heavy atom. The van der Waals surface area contributed by atoms with E-state index in [0.29, 0.717) is 194 Å². The highest BCUT2D eigenvalue weighted by atomic mass is 16.6. The number of H-pyrrole nitrogens is 1. The first kappa shape index (κ1) is 101. The molecule has 4 amide bonds. The predicted octanol–water partition coefficient (Wildman–Crippen LogP) is 8.48. The Balaban J connectivity index is 0.491. The molecule has 1 aliphatic carbocycles. The first-order valence-electron chi connectivity index (χ1n) is 47.3. The highest BCUT2D eigenvalue weighted by Gasteiger charge is 2.45. The van der Waals surface area contributed by atoms with Gasteiger partial charge in [-0.1, -0.05) is 82.4 Å². The molecule has 15 atom stereocenters. The van der Waals surface area contributed by atoms with E-state index in [0.717, 1.165) is 39.7 Å². The van der Waals surface area contributed by atoms with Crippen LogP contribution in [0.15, 0.2) is 121 Å². The largest absolute Gasteiger partial charge is 0.459 e. The number of methoxy groups -OCH3 is 3. The number of aliphatic hydroxyl groups is 1. The summed E-state index contributed by atoms with van der Waals surface area (Å²) >= 11 is 0. The smallest absolute Gasteiger partial charge is 0.407 e. The van der Waals surface area contributed by atoms with Gasteiger partial charge in [0.1, 0.15) is 65.8 Å². The lowest BCUT2D eigenvalue weighted by Gasteiger charge is -2.39. The van der Waals surface area contributed by atoms with Crippen molar-refractivity contribution in [2.75, 3.05) is 136 Å². The highest BCUT2D eigenvalue weighted by Crippen LogP contribution is 2.37. The number of carbonyl (C=O) groups is 8. The number of nitrogen functional groups attached to an aromatic ring is 1. The summed E-state index contributed by atoms with van der Waals surface area (Å²) in [5.41, 5.74) is 22.0. The fourth-order valence-corrected chi connectivity index (χ4v) is 18.6. The van der Waals surface area contributed by atoms with E-state index in [1.807, 2.05) is 88.9 Å². The Morgan fingerprint density at radius 2 is 1.41 bits per heavy atom. The number of Topliss-reactive ketones (excluding diaryl/α,β-unsaturated/α-hetero) is 3. The first-order valence-corrected chi connectivity index (χ1v) is 47.3. The summed E-state index contributed by atoms with van der Waals surface area (Å²) in [5, 5.41) is 23.9. The van der Waals surface area contributed by atoms with E-state index >= 15 is 0 Å². The number of rotatable bonds is 30. The number of alkyl carbamates (subject to hydrolysis) is 1. The molecule has 0 radical (unpaired) electrons. The molecule has 2 unspecified atom stereocenters. The van der Waals surface area contributed by atoms with Gasteiger partial charge in [0.05, 0.1) is 95.1 Å². The minimum absolute atomic E-state index is 0.00905. The van der Waals surface area contributed by atoms with Gasteiger partial charge in [0.15, 0.2) is 11.4 Å². The Hall–Kier alpha value is -11.3. The lowest BCUT2D eigenvalue weighted by molar-refractivity contribution is -0.169. The van der Waals surface area contributed by atoms with Crippen LogP contribution in [0.5, 0.6) is 0 Å². The fraction of sp³-hybridized carbons (Fsp3) is 0.571. The monoisotopic (exact) mass is 1860 g/mol. The Labute approximate surface area is 787 Å². The lowest BCUT2D eigenvalue weighted by atomic mass is 9.80. The maximum absolute atomic E-state index is 14.8. The maximum Gasteiger partial charge on any atom is 0.407 e. The van der Waals surface area contributed by atoms with E-state index in [4.69, 9.17) is 63.9 Å². The van der Waals surface area contributed by atoms with Gasteiger partial charge in [-0.05, 0) is 142 Å². The summed E-state index contributed by atoms with van der Waals surface area (Å²) in [6, 6.07) is 8.25. The molecule has 135 heavy (non-hydrogen) atoms. The van der Waals surface area contributed by atoms with Crippen molar-refractivity contribution in [3.63, 3.8) is 0 Å². The van der Waals surface area contributed by atoms with Crippen LogP contribution >= 0.6 is 0 Å². The van der Waals surface area contributed by atoms with Crippen LogP contribution in [-0.4, -0.2) is 293 Å². The van der Waals surface area contributed by atoms with Crippen LogP contribution in [0.3, 0.4) is 0 Å². The molecule has 37 nitrogen and oxygen atoms in total. The Morgan fingerprint density at radius 3 is 2.13 bits per heavy atom. The van der Waals surface area contributed by atoms with Crippen LogP contribution in [0, 0.1) is 29.6 Å². The number of anilines is 3. The Bertz CT molecular complexity index is 5290. The van der Waals surface area contributed by atoms with Crippen molar-refractivity contribution in [3.05, 3.63) is 149 Å². The Kier molecular flexibility index (Phi) is 37.1. The van der Waals surface area contributed by atoms with Crippen molar-refractivity contribution in [3.8, 4) is 11.3 Å². The zero-order valence-corrected chi connectivity index (χ0v) is 78.9. The lowest BCUT2D eigenvalue weighted by Crippen LogP contribution is -2.55. The number of cyclic esters (lactones) is 1. The zero-order chi connectivity index (χ0) is 95.6. The molecule has 5 aliphatic heterocycles. The molecule has 6 aliphatic rings. The number of piperazine rings is 1. The third kappa shape index (κ3) is 27.4. The van der Waals surface area contributed by atoms with Gasteiger partial charge in [0.2, 0.25) is 23.6 Å². The van der Waals surface area contributed by atoms with E-state index in [9.17, 15) is 43.5 Å². The number of nitrogens with two attached hydrogens (primary N) is 2. The number of nitrogens with one attached hydrogen (secondary N) is 3. The zero-order valence-electron chi connectivity index (χ0n) is 78.9. The molecule has 11 heterocycles. The van der Waals surface area contributed by atoms with Crippen LogP contribution in [0.1, 0.15) is 158 Å². The molecule has 728 valence electrons. The maximum atomic E-state index is 14.8. The molecule has 6 aromatic heterocycles.